The molecule has 11 heteroatoms. The summed E-state index contributed by atoms with van der Waals surface area (Å²) in [6.07, 6.45) is 4.25. The fourth-order valence-corrected chi connectivity index (χ4v) is 6.80. The van der Waals surface area contributed by atoms with Crippen LogP contribution in [0.25, 0.3) is 33.3 Å². The average Bonchev–Trinajstić information content (AvgIpc) is 3.60. The Hall–Kier alpha value is -4.09. The van der Waals surface area contributed by atoms with Crippen molar-refractivity contribution in [1.82, 2.24) is 23.6 Å². The second kappa shape index (κ2) is 11.0. The molecule has 0 spiro atoms. The maximum Gasteiger partial charge on any atom is 0.269 e. The van der Waals surface area contributed by atoms with Crippen molar-refractivity contribution in [2.45, 2.75) is 37.1 Å². The lowest BCUT2D eigenvalue weighted by atomic mass is 10.0. The topological polar surface area (TPSA) is 82.2 Å². The molecule has 218 valence electrons. The van der Waals surface area contributed by atoms with E-state index in [1.807, 2.05) is 23.9 Å². The fraction of sp³-hybridized carbons (Fsp3) is 0.290. The zero-order valence-corrected chi connectivity index (χ0v) is 24.4. The molecule has 1 saturated heterocycles. The molecule has 6 rings (SSSR count). The van der Waals surface area contributed by atoms with E-state index in [0.29, 0.717) is 33.5 Å². The van der Waals surface area contributed by atoms with E-state index in [1.165, 1.54) is 18.3 Å². The molecule has 0 saturated carbocycles. The van der Waals surface area contributed by atoms with Crippen LogP contribution in [0.15, 0.2) is 78.1 Å². The first-order chi connectivity index (χ1) is 20.2. The molecular formula is C31H31F2N5O3S. The number of rotatable bonds is 7. The van der Waals surface area contributed by atoms with Crippen LogP contribution in [0.5, 0.6) is 5.88 Å². The van der Waals surface area contributed by atoms with Crippen LogP contribution in [0.2, 0.25) is 0 Å². The number of aryl methyl sites for hydroxylation is 1. The lowest BCUT2D eigenvalue weighted by Crippen LogP contribution is -2.31. The van der Waals surface area contributed by atoms with Crippen LogP contribution in [-0.2, 0) is 10.0 Å². The van der Waals surface area contributed by atoms with Crippen LogP contribution < -0.4 is 4.74 Å². The molecule has 0 aliphatic carbocycles. The van der Waals surface area contributed by atoms with Crippen molar-refractivity contribution in [3.8, 4) is 28.1 Å². The summed E-state index contributed by atoms with van der Waals surface area (Å²) in [5, 5.41) is 5.20. The molecule has 0 bridgehead atoms. The quantitative estimate of drug-likeness (QED) is 0.220. The van der Waals surface area contributed by atoms with E-state index in [9.17, 15) is 17.2 Å². The zero-order chi connectivity index (χ0) is 29.6. The summed E-state index contributed by atoms with van der Waals surface area (Å²) < 4.78 is 63.6. The van der Waals surface area contributed by atoms with Crippen LogP contribution in [0, 0.1) is 6.92 Å². The Morgan fingerprint density at radius 3 is 2.40 bits per heavy atom. The number of benzene rings is 2. The van der Waals surface area contributed by atoms with E-state index in [4.69, 9.17) is 9.84 Å². The molecule has 8 nitrogen and oxygen atoms in total. The van der Waals surface area contributed by atoms with Crippen LogP contribution in [-0.4, -0.2) is 59.3 Å². The first-order valence-corrected chi connectivity index (χ1v) is 15.1. The average molecular weight is 592 g/mol. The molecule has 3 aromatic heterocycles. The van der Waals surface area contributed by atoms with E-state index in [2.05, 4.69) is 16.9 Å². The maximum atomic E-state index is 13.8. The van der Waals surface area contributed by atoms with Gasteiger partial charge in [0.05, 0.1) is 23.6 Å². The monoisotopic (exact) mass is 591 g/mol. The summed E-state index contributed by atoms with van der Waals surface area (Å²) in [5.74, 6) is 0.433. The SMILES string of the molecule is COc1nn(C2CCN(C)CC2)cc1-c1cnc2c(c1)c(-c1cccc(C(F)F)c1)cn2S(=O)(=O)c1ccc(C)cc1. The highest BCUT2D eigenvalue weighted by Gasteiger charge is 2.26. The van der Waals surface area contributed by atoms with Crippen molar-refractivity contribution in [3.05, 3.63) is 84.3 Å². The van der Waals surface area contributed by atoms with Gasteiger partial charge in [-0.1, -0.05) is 35.9 Å². The molecule has 1 aliphatic rings. The number of piperidine rings is 1. The number of fused-ring (bicyclic) bond motifs is 1. The molecule has 4 heterocycles. The molecule has 5 aromatic rings. The Bertz CT molecular complexity index is 1860. The molecule has 0 unspecified atom stereocenters. The number of hydrogen-bond donors (Lipinski definition) is 0. The van der Waals surface area contributed by atoms with Gasteiger partial charge in [0.1, 0.15) is 0 Å². The van der Waals surface area contributed by atoms with E-state index >= 15 is 0 Å². The van der Waals surface area contributed by atoms with Gasteiger partial charge in [0.25, 0.3) is 16.4 Å². The smallest absolute Gasteiger partial charge is 0.269 e. The summed E-state index contributed by atoms with van der Waals surface area (Å²) in [6, 6.07) is 14.6. The summed E-state index contributed by atoms with van der Waals surface area (Å²) in [7, 11) is -0.379. The molecular weight excluding hydrogens is 560 g/mol. The van der Waals surface area contributed by atoms with Crippen molar-refractivity contribution in [2.75, 3.05) is 27.2 Å². The number of ether oxygens (including phenoxy) is 1. The Morgan fingerprint density at radius 1 is 0.976 bits per heavy atom. The van der Waals surface area contributed by atoms with Gasteiger partial charge in [-0.3, -0.25) is 4.68 Å². The Kier molecular flexibility index (Phi) is 7.32. The van der Waals surface area contributed by atoms with Crippen molar-refractivity contribution in [2.24, 2.45) is 0 Å². The molecule has 0 amide bonds. The third-order valence-electron chi connectivity index (χ3n) is 7.90. The minimum atomic E-state index is -4.04. The number of alkyl halides is 2. The molecule has 42 heavy (non-hydrogen) atoms. The van der Waals surface area contributed by atoms with E-state index in [0.717, 1.165) is 35.5 Å². The van der Waals surface area contributed by atoms with Crippen molar-refractivity contribution in [1.29, 1.82) is 0 Å². The summed E-state index contributed by atoms with van der Waals surface area (Å²) in [5.41, 5.74) is 3.29. The molecule has 1 fully saturated rings. The summed E-state index contributed by atoms with van der Waals surface area (Å²) in [4.78, 5) is 7.00. The third-order valence-corrected chi connectivity index (χ3v) is 9.57. The highest BCUT2D eigenvalue weighted by molar-refractivity contribution is 7.90. The number of pyridine rings is 1. The van der Waals surface area contributed by atoms with Gasteiger partial charge in [-0.05, 0) is 69.7 Å². The van der Waals surface area contributed by atoms with Gasteiger partial charge in [-0.15, -0.1) is 5.10 Å². The lowest BCUT2D eigenvalue weighted by molar-refractivity contribution is 0.151. The number of nitrogens with zero attached hydrogens (tertiary/aromatic N) is 5. The van der Waals surface area contributed by atoms with Crippen LogP contribution in [0.3, 0.4) is 0 Å². The van der Waals surface area contributed by atoms with Crippen molar-refractivity contribution < 1.29 is 21.9 Å². The molecule has 2 aromatic carbocycles. The van der Waals surface area contributed by atoms with E-state index in [-0.39, 0.29) is 22.1 Å². The highest BCUT2D eigenvalue weighted by atomic mass is 32.2. The van der Waals surface area contributed by atoms with E-state index < -0.39 is 16.4 Å². The van der Waals surface area contributed by atoms with Gasteiger partial charge in [-0.2, -0.15) is 0 Å². The van der Waals surface area contributed by atoms with Crippen LogP contribution in [0.1, 0.15) is 36.4 Å². The normalized spacial score (nSPS) is 15.1. The van der Waals surface area contributed by atoms with Gasteiger partial charge in [0.2, 0.25) is 5.88 Å². The van der Waals surface area contributed by atoms with Crippen LogP contribution >= 0.6 is 0 Å². The predicted molar refractivity (Wildman–Crippen MR) is 157 cm³/mol. The second-order valence-corrected chi connectivity index (χ2v) is 12.6. The highest BCUT2D eigenvalue weighted by Crippen LogP contribution is 2.38. The Labute approximate surface area is 243 Å². The predicted octanol–water partition coefficient (Wildman–Crippen LogP) is 6.33. The summed E-state index contributed by atoms with van der Waals surface area (Å²) in [6.45, 7) is 3.82. The third kappa shape index (κ3) is 5.07. The number of hydrogen-bond acceptors (Lipinski definition) is 6. The van der Waals surface area contributed by atoms with Gasteiger partial charge in [0, 0.05) is 40.7 Å². The number of halogens is 2. The molecule has 1 aliphatic heterocycles. The fourth-order valence-electron chi connectivity index (χ4n) is 5.48. The first-order valence-electron chi connectivity index (χ1n) is 13.7. The standard InChI is InChI=1S/C31H31F2N5O3S/c1-20-7-9-25(10-8-20)42(39,40)38-19-27(21-5-4-6-22(15-21)29(32)33)26-16-23(17-34-30(26)38)28-18-37(35-31(28)41-3)24-11-13-36(2)14-12-24/h4-10,15-19,24,29H,11-14H2,1-3H3. The Balaban J connectivity index is 1.52. The van der Waals surface area contributed by atoms with Crippen molar-refractivity contribution >= 4 is 21.1 Å². The van der Waals surface area contributed by atoms with Gasteiger partial charge in [-0.25, -0.2) is 26.2 Å². The first kappa shape index (κ1) is 28.0. The molecule has 0 radical (unpaired) electrons. The number of aromatic nitrogens is 4. The minimum Gasteiger partial charge on any atom is -0.479 e. The molecule has 0 atom stereocenters. The zero-order valence-electron chi connectivity index (χ0n) is 23.5. The van der Waals surface area contributed by atoms with E-state index in [1.54, 1.807) is 49.7 Å². The Morgan fingerprint density at radius 2 is 1.71 bits per heavy atom. The number of likely N-dealkylation sites (tertiary alicyclic amines) is 1. The maximum absolute atomic E-state index is 13.8. The van der Waals surface area contributed by atoms with Crippen LogP contribution in [0.4, 0.5) is 8.78 Å². The summed E-state index contributed by atoms with van der Waals surface area (Å²) >= 11 is 0. The van der Waals surface area contributed by atoms with Crippen molar-refractivity contribution in [3.63, 3.8) is 0 Å². The second-order valence-electron chi connectivity index (χ2n) is 10.7. The van der Waals surface area contributed by atoms with Gasteiger partial charge < -0.3 is 9.64 Å². The van der Waals surface area contributed by atoms with Gasteiger partial charge in [0.15, 0.2) is 5.65 Å². The number of methoxy groups -OCH3 is 1. The minimum absolute atomic E-state index is 0.102. The lowest BCUT2D eigenvalue weighted by Gasteiger charge is -2.28. The largest absolute Gasteiger partial charge is 0.479 e. The van der Waals surface area contributed by atoms with Gasteiger partial charge >= 0.3 is 0 Å². The molecule has 0 N–H and O–H groups in total.